The number of nitro benzene ring substituents is 1. The number of methoxy groups -OCH3 is 1. The zero-order valence-electron chi connectivity index (χ0n) is 13.3. The highest BCUT2D eigenvalue weighted by Crippen LogP contribution is 2.35. The summed E-state index contributed by atoms with van der Waals surface area (Å²) in [5, 5.41) is 11.1. The van der Waals surface area contributed by atoms with Crippen LogP contribution in [0.25, 0.3) is 0 Å². The molecule has 0 atom stereocenters. The zero-order chi connectivity index (χ0) is 17.6. The molecule has 9 nitrogen and oxygen atoms in total. The number of nitro groups is 1. The summed E-state index contributed by atoms with van der Waals surface area (Å²) in [4.78, 5) is 35.1. The second-order valence-electron chi connectivity index (χ2n) is 4.57. The molecule has 0 bridgehead atoms. The Kier molecular flexibility index (Phi) is 6.31. The van der Waals surface area contributed by atoms with E-state index in [0.29, 0.717) is 0 Å². The third kappa shape index (κ3) is 4.56. The van der Waals surface area contributed by atoms with Crippen LogP contribution in [0.1, 0.15) is 17.3 Å². The summed E-state index contributed by atoms with van der Waals surface area (Å²) in [6.07, 6.45) is 0. The minimum absolute atomic E-state index is 0.125. The minimum atomic E-state index is -0.990. The van der Waals surface area contributed by atoms with E-state index < -0.39 is 29.1 Å². The summed E-state index contributed by atoms with van der Waals surface area (Å²) in [5.74, 6) is -1.14. The molecule has 0 heterocycles. The van der Waals surface area contributed by atoms with Crippen molar-refractivity contribution in [2.75, 3.05) is 34.4 Å². The second-order valence-corrected chi connectivity index (χ2v) is 4.57. The average Bonchev–Trinajstić information content (AvgIpc) is 2.51. The Morgan fingerprint density at radius 1 is 1.26 bits per heavy atom. The van der Waals surface area contributed by atoms with Crippen molar-refractivity contribution >= 4 is 17.6 Å². The number of rotatable bonds is 7. The van der Waals surface area contributed by atoms with E-state index in [1.54, 1.807) is 6.92 Å². The Balaban J connectivity index is 3.16. The molecule has 0 aromatic heterocycles. The normalized spacial score (nSPS) is 9.91. The zero-order valence-corrected chi connectivity index (χ0v) is 13.3. The molecule has 0 aliphatic rings. The number of esters is 1. The maximum absolute atomic E-state index is 12.1. The Hall–Kier alpha value is -2.84. The Bertz CT molecular complexity index is 613. The van der Waals surface area contributed by atoms with E-state index in [1.807, 2.05) is 0 Å². The molecule has 0 aliphatic heterocycles. The van der Waals surface area contributed by atoms with Crippen molar-refractivity contribution < 1.29 is 28.7 Å². The fourth-order valence-corrected chi connectivity index (χ4v) is 1.63. The highest BCUT2D eigenvalue weighted by atomic mass is 16.6. The molecular formula is C14H18N2O7. The molecule has 0 fully saturated rings. The van der Waals surface area contributed by atoms with Gasteiger partial charge in [-0.25, -0.2) is 4.79 Å². The largest absolute Gasteiger partial charge is 0.493 e. The third-order valence-electron chi connectivity index (χ3n) is 2.82. The van der Waals surface area contributed by atoms with Crippen LogP contribution in [0, 0.1) is 10.1 Å². The third-order valence-corrected chi connectivity index (χ3v) is 2.82. The SMILES string of the molecule is CCOc1cc(C(=O)OCC(=O)N(C)C)c([N+](=O)[O-])cc1OC. The molecule has 0 saturated carbocycles. The molecule has 126 valence electrons. The summed E-state index contributed by atoms with van der Waals surface area (Å²) in [6, 6.07) is 2.25. The highest BCUT2D eigenvalue weighted by Gasteiger charge is 2.26. The Labute approximate surface area is 132 Å². The van der Waals surface area contributed by atoms with Gasteiger partial charge in [0.15, 0.2) is 18.1 Å². The van der Waals surface area contributed by atoms with E-state index in [4.69, 9.17) is 14.2 Å². The van der Waals surface area contributed by atoms with Gasteiger partial charge in [-0.2, -0.15) is 0 Å². The van der Waals surface area contributed by atoms with Gasteiger partial charge in [-0.15, -0.1) is 0 Å². The molecule has 1 aromatic carbocycles. The first-order chi connectivity index (χ1) is 10.8. The maximum atomic E-state index is 12.1. The number of amides is 1. The van der Waals surface area contributed by atoms with Crippen molar-refractivity contribution in [3.8, 4) is 11.5 Å². The molecule has 9 heteroatoms. The van der Waals surface area contributed by atoms with Crippen molar-refractivity contribution in [2.24, 2.45) is 0 Å². The first-order valence-electron chi connectivity index (χ1n) is 6.68. The minimum Gasteiger partial charge on any atom is -0.493 e. The molecule has 0 saturated heterocycles. The van der Waals surface area contributed by atoms with Crippen LogP contribution >= 0.6 is 0 Å². The number of ether oxygens (including phenoxy) is 3. The van der Waals surface area contributed by atoms with Gasteiger partial charge < -0.3 is 19.1 Å². The molecular weight excluding hydrogens is 308 g/mol. The number of carbonyl (C=O) groups is 2. The molecule has 0 radical (unpaired) electrons. The van der Waals surface area contributed by atoms with E-state index >= 15 is 0 Å². The highest BCUT2D eigenvalue weighted by molar-refractivity contribution is 5.96. The average molecular weight is 326 g/mol. The van der Waals surface area contributed by atoms with E-state index in [0.717, 1.165) is 6.07 Å². The Morgan fingerprint density at radius 2 is 1.91 bits per heavy atom. The van der Waals surface area contributed by atoms with Gasteiger partial charge in [0.25, 0.3) is 11.6 Å². The van der Waals surface area contributed by atoms with Crippen LogP contribution < -0.4 is 9.47 Å². The lowest BCUT2D eigenvalue weighted by Crippen LogP contribution is -2.27. The molecule has 0 unspecified atom stereocenters. The number of hydrogen-bond donors (Lipinski definition) is 0. The van der Waals surface area contributed by atoms with E-state index in [1.165, 1.54) is 32.2 Å². The van der Waals surface area contributed by atoms with Crippen molar-refractivity contribution in [1.82, 2.24) is 4.90 Å². The molecule has 1 rings (SSSR count). The van der Waals surface area contributed by atoms with Gasteiger partial charge in [-0.3, -0.25) is 14.9 Å². The number of hydrogen-bond acceptors (Lipinski definition) is 7. The van der Waals surface area contributed by atoms with Crippen LogP contribution in [0.3, 0.4) is 0 Å². The lowest BCUT2D eigenvalue weighted by Gasteiger charge is -2.13. The summed E-state index contributed by atoms with van der Waals surface area (Å²) in [6.45, 7) is 1.48. The first kappa shape index (κ1) is 18.2. The van der Waals surface area contributed by atoms with Gasteiger partial charge in [0.1, 0.15) is 5.56 Å². The predicted octanol–water partition coefficient (Wildman–Crippen LogP) is 1.25. The Morgan fingerprint density at radius 3 is 2.39 bits per heavy atom. The summed E-state index contributed by atoms with van der Waals surface area (Å²) in [7, 11) is 4.33. The van der Waals surface area contributed by atoms with Crippen LogP contribution in [0.4, 0.5) is 5.69 Å². The molecule has 1 aromatic rings. The number of carbonyl (C=O) groups excluding carboxylic acids is 2. The van der Waals surface area contributed by atoms with Crippen molar-refractivity contribution in [1.29, 1.82) is 0 Å². The van der Waals surface area contributed by atoms with Crippen molar-refractivity contribution in [2.45, 2.75) is 6.92 Å². The molecule has 23 heavy (non-hydrogen) atoms. The fourth-order valence-electron chi connectivity index (χ4n) is 1.63. The quantitative estimate of drug-likeness (QED) is 0.421. The molecule has 0 N–H and O–H groups in total. The second kappa shape index (κ2) is 7.97. The van der Waals surface area contributed by atoms with Crippen LogP contribution in [0.5, 0.6) is 11.5 Å². The van der Waals surface area contributed by atoms with Gasteiger partial charge in [0, 0.05) is 20.2 Å². The monoisotopic (exact) mass is 326 g/mol. The van der Waals surface area contributed by atoms with Crippen LogP contribution in [-0.2, 0) is 9.53 Å². The van der Waals surface area contributed by atoms with Crippen LogP contribution in [0.15, 0.2) is 12.1 Å². The van der Waals surface area contributed by atoms with Crippen molar-refractivity contribution in [3.05, 3.63) is 27.8 Å². The molecule has 0 aliphatic carbocycles. The fraction of sp³-hybridized carbons (Fsp3) is 0.429. The van der Waals surface area contributed by atoms with E-state index in [2.05, 4.69) is 0 Å². The van der Waals surface area contributed by atoms with Gasteiger partial charge >= 0.3 is 5.97 Å². The molecule has 1 amide bonds. The van der Waals surface area contributed by atoms with Gasteiger partial charge in [-0.05, 0) is 6.92 Å². The first-order valence-corrected chi connectivity index (χ1v) is 6.68. The number of nitrogens with zero attached hydrogens (tertiary/aromatic N) is 2. The summed E-state index contributed by atoms with van der Waals surface area (Å²) in [5.41, 5.74) is -0.807. The molecule has 0 spiro atoms. The van der Waals surface area contributed by atoms with E-state index in [9.17, 15) is 19.7 Å². The van der Waals surface area contributed by atoms with Gasteiger partial charge in [0.05, 0.1) is 24.7 Å². The number of benzene rings is 1. The topological polar surface area (TPSA) is 108 Å². The van der Waals surface area contributed by atoms with Crippen LogP contribution in [-0.4, -0.2) is 56.1 Å². The predicted molar refractivity (Wildman–Crippen MR) is 79.8 cm³/mol. The summed E-state index contributed by atoms with van der Waals surface area (Å²) < 4.78 is 15.1. The lowest BCUT2D eigenvalue weighted by molar-refractivity contribution is -0.385. The number of likely N-dealkylation sites (N-methyl/N-ethyl adjacent to an activating group) is 1. The van der Waals surface area contributed by atoms with Crippen LogP contribution in [0.2, 0.25) is 0 Å². The van der Waals surface area contributed by atoms with Crippen molar-refractivity contribution in [3.63, 3.8) is 0 Å². The van der Waals surface area contributed by atoms with Gasteiger partial charge in [0.2, 0.25) is 0 Å². The smallest absolute Gasteiger partial charge is 0.345 e. The van der Waals surface area contributed by atoms with Gasteiger partial charge in [-0.1, -0.05) is 0 Å². The standard InChI is InChI=1S/C14H18N2O7/c1-5-22-12-6-9(10(16(19)20)7-11(12)21-4)14(18)23-8-13(17)15(2)3/h6-7H,5,8H2,1-4H3. The maximum Gasteiger partial charge on any atom is 0.345 e. The lowest BCUT2D eigenvalue weighted by atomic mass is 10.1. The summed E-state index contributed by atoms with van der Waals surface area (Å²) >= 11 is 0. The van der Waals surface area contributed by atoms with E-state index in [-0.39, 0.29) is 23.7 Å².